The Morgan fingerprint density at radius 1 is 0.875 bits per heavy atom. The van der Waals surface area contributed by atoms with E-state index in [1.54, 1.807) is 24.3 Å². The minimum absolute atomic E-state index is 0.0102. The molecule has 7 heteroatoms. The van der Waals surface area contributed by atoms with E-state index in [4.69, 9.17) is 14.9 Å². The third kappa shape index (κ3) is 3.16. The predicted octanol–water partition coefficient (Wildman–Crippen LogP) is 4.06. The van der Waals surface area contributed by atoms with Gasteiger partial charge in [-0.2, -0.15) is 0 Å². The second kappa shape index (κ2) is 7.63. The van der Waals surface area contributed by atoms with E-state index in [0.29, 0.717) is 17.1 Å². The van der Waals surface area contributed by atoms with Crippen LogP contribution in [0, 0.1) is 0 Å². The summed E-state index contributed by atoms with van der Waals surface area (Å²) in [6.07, 6.45) is 1.41. The number of nitrogens with two attached hydrogens (primary N) is 1. The van der Waals surface area contributed by atoms with E-state index < -0.39 is 11.8 Å². The number of aromatic nitrogens is 1. The molecule has 1 aromatic heterocycles. The Bertz CT molecular complexity index is 1390. The first-order chi connectivity index (χ1) is 15.5. The van der Waals surface area contributed by atoms with Crippen molar-refractivity contribution in [3.63, 3.8) is 0 Å². The topological polar surface area (TPSA) is 112 Å². The second-order valence-electron chi connectivity index (χ2n) is 7.24. The predicted molar refractivity (Wildman–Crippen MR) is 115 cm³/mol. The van der Waals surface area contributed by atoms with E-state index in [0.717, 1.165) is 5.56 Å². The molecule has 156 valence electrons. The molecule has 0 unspecified atom stereocenters. The van der Waals surface area contributed by atoms with Crippen LogP contribution in [0.4, 0.5) is 5.69 Å². The summed E-state index contributed by atoms with van der Waals surface area (Å²) in [6, 6.07) is 18.7. The Kier molecular flexibility index (Phi) is 4.63. The van der Waals surface area contributed by atoms with Gasteiger partial charge in [0.1, 0.15) is 18.6 Å². The number of carbonyl (C=O) groups excluding carboxylic acids is 3. The maximum absolute atomic E-state index is 13.0. The van der Waals surface area contributed by atoms with Crippen LogP contribution in [0.15, 0.2) is 77.4 Å². The third-order valence-electron chi connectivity index (χ3n) is 5.28. The number of hydrogen-bond acceptors (Lipinski definition) is 7. The highest BCUT2D eigenvalue weighted by Crippen LogP contribution is 2.33. The SMILES string of the molecule is Nc1c(C(=O)OCc2coc(-c3ccccc3)n2)ccc2c1C(=O)c1ccccc1C2=O. The summed E-state index contributed by atoms with van der Waals surface area (Å²) in [5, 5.41) is 0. The monoisotopic (exact) mass is 424 g/mol. The van der Waals surface area contributed by atoms with Crippen LogP contribution in [0.1, 0.15) is 47.9 Å². The molecular formula is C25H16N2O5. The van der Waals surface area contributed by atoms with Crippen LogP contribution < -0.4 is 5.73 Å². The van der Waals surface area contributed by atoms with E-state index >= 15 is 0 Å². The number of fused-ring (bicyclic) bond motifs is 2. The van der Waals surface area contributed by atoms with Crippen LogP contribution in [-0.2, 0) is 11.3 Å². The molecule has 0 radical (unpaired) electrons. The summed E-state index contributed by atoms with van der Waals surface area (Å²) in [4.78, 5) is 42.7. The largest absolute Gasteiger partial charge is 0.455 e. The van der Waals surface area contributed by atoms with Gasteiger partial charge in [0.25, 0.3) is 0 Å². The maximum atomic E-state index is 13.0. The van der Waals surface area contributed by atoms with E-state index in [-0.39, 0.29) is 40.3 Å². The molecule has 5 rings (SSSR count). The van der Waals surface area contributed by atoms with Crippen molar-refractivity contribution in [2.24, 2.45) is 0 Å². The Morgan fingerprint density at radius 2 is 1.56 bits per heavy atom. The van der Waals surface area contributed by atoms with Gasteiger partial charge in [0.2, 0.25) is 5.89 Å². The van der Waals surface area contributed by atoms with Crippen LogP contribution in [0.25, 0.3) is 11.5 Å². The Labute approximate surface area is 182 Å². The molecule has 0 amide bonds. The number of ether oxygens (including phenoxy) is 1. The smallest absolute Gasteiger partial charge is 0.340 e. The van der Waals surface area contributed by atoms with Gasteiger partial charge in [-0.25, -0.2) is 9.78 Å². The first-order valence-corrected chi connectivity index (χ1v) is 9.82. The van der Waals surface area contributed by atoms with Crippen molar-refractivity contribution < 1.29 is 23.5 Å². The highest BCUT2D eigenvalue weighted by Gasteiger charge is 2.33. The van der Waals surface area contributed by atoms with Crippen LogP contribution in [0.3, 0.4) is 0 Å². The number of benzene rings is 3. The molecule has 0 saturated heterocycles. The number of ketones is 2. The molecule has 0 atom stereocenters. The zero-order chi connectivity index (χ0) is 22.2. The van der Waals surface area contributed by atoms with Crippen LogP contribution in [0.5, 0.6) is 0 Å². The lowest BCUT2D eigenvalue weighted by molar-refractivity contribution is 0.0468. The Hall–Kier alpha value is -4.52. The van der Waals surface area contributed by atoms with Gasteiger partial charge < -0.3 is 14.9 Å². The lowest BCUT2D eigenvalue weighted by Gasteiger charge is -2.20. The van der Waals surface area contributed by atoms with E-state index in [9.17, 15) is 14.4 Å². The number of esters is 1. The van der Waals surface area contributed by atoms with Crippen molar-refractivity contribution in [2.45, 2.75) is 6.61 Å². The zero-order valence-electron chi connectivity index (χ0n) is 16.7. The summed E-state index contributed by atoms with van der Waals surface area (Å²) in [7, 11) is 0. The summed E-state index contributed by atoms with van der Waals surface area (Å²) in [6.45, 7) is -0.137. The summed E-state index contributed by atoms with van der Waals surface area (Å²) in [5.74, 6) is -1.02. The molecule has 1 aliphatic rings. The highest BCUT2D eigenvalue weighted by molar-refractivity contribution is 6.30. The van der Waals surface area contributed by atoms with Crippen molar-refractivity contribution in [2.75, 3.05) is 5.73 Å². The molecule has 7 nitrogen and oxygen atoms in total. The average Bonchev–Trinajstić information content (AvgIpc) is 3.30. The van der Waals surface area contributed by atoms with Crippen molar-refractivity contribution in [1.82, 2.24) is 4.98 Å². The fourth-order valence-corrected chi connectivity index (χ4v) is 3.69. The normalized spacial score (nSPS) is 12.2. The first-order valence-electron chi connectivity index (χ1n) is 9.82. The van der Waals surface area contributed by atoms with Gasteiger partial charge in [-0.3, -0.25) is 9.59 Å². The molecular weight excluding hydrogens is 408 g/mol. The molecule has 0 fully saturated rings. The lowest BCUT2D eigenvalue weighted by atomic mass is 9.82. The average molecular weight is 424 g/mol. The number of hydrogen-bond donors (Lipinski definition) is 1. The third-order valence-corrected chi connectivity index (χ3v) is 5.28. The van der Waals surface area contributed by atoms with Gasteiger partial charge >= 0.3 is 5.97 Å². The van der Waals surface area contributed by atoms with Crippen molar-refractivity contribution in [1.29, 1.82) is 0 Å². The molecule has 0 spiro atoms. The van der Waals surface area contributed by atoms with Crippen molar-refractivity contribution >= 4 is 23.2 Å². The van der Waals surface area contributed by atoms with Gasteiger partial charge in [-0.1, -0.05) is 42.5 Å². The number of carbonyl (C=O) groups is 3. The zero-order valence-corrected chi connectivity index (χ0v) is 16.7. The van der Waals surface area contributed by atoms with Gasteiger partial charge in [-0.05, 0) is 24.3 Å². The molecule has 0 aliphatic heterocycles. The molecule has 0 saturated carbocycles. The number of nitrogens with zero attached hydrogens (tertiary/aromatic N) is 1. The number of nitrogen functional groups attached to an aromatic ring is 1. The Balaban J connectivity index is 1.38. The minimum Gasteiger partial charge on any atom is -0.455 e. The van der Waals surface area contributed by atoms with E-state index in [1.165, 1.54) is 18.4 Å². The second-order valence-corrected chi connectivity index (χ2v) is 7.24. The number of oxazole rings is 1. The van der Waals surface area contributed by atoms with Crippen molar-refractivity contribution in [3.8, 4) is 11.5 Å². The van der Waals surface area contributed by atoms with E-state index in [2.05, 4.69) is 4.98 Å². The quantitative estimate of drug-likeness (QED) is 0.342. The lowest BCUT2D eigenvalue weighted by Crippen LogP contribution is -2.24. The van der Waals surface area contributed by atoms with Gasteiger partial charge in [0.15, 0.2) is 11.6 Å². The van der Waals surface area contributed by atoms with Gasteiger partial charge in [0.05, 0.1) is 16.8 Å². The molecule has 1 aliphatic carbocycles. The summed E-state index contributed by atoms with van der Waals surface area (Å²) in [5.41, 5.74) is 8.09. The molecule has 4 aromatic rings. The van der Waals surface area contributed by atoms with Crippen LogP contribution >= 0.6 is 0 Å². The molecule has 0 bridgehead atoms. The molecule has 3 aromatic carbocycles. The van der Waals surface area contributed by atoms with Crippen LogP contribution in [-0.4, -0.2) is 22.5 Å². The fraction of sp³-hybridized carbons (Fsp3) is 0.0400. The molecule has 1 heterocycles. The summed E-state index contributed by atoms with van der Waals surface area (Å²) < 4.78 is 10.8. The van der Waals surface area contributed by atoms with E-state index in [1.807, 2.05) is 30.3 Å². The van der Waals surface area contributed by atoms with Crippen LogP contribution in [0.2, 0.25) is 0 Å². The highest BCUT2D eigenvalue weighted by atomic mass is 16.5. The molecule has 32 heavy (non-hydrogen) atoms. The molecule has 2 N–H and O–H groups in total. The van der Waals surface area contributed by atoms with Gasteiger partial charge in [-0.15, -0.1) is 0 Å². The maximum Gasteiger partial charge on any atom is 0.340 e. The van der Waals surface area contributed by atoms with Crippen molar-refractivity contribution in [3.05, 3.63) is 107 Å². The minimum atomic E-state index is -0.728. The Morgan fingerprint density at radius 3 is 2.31 bits per heavy atom. The van der Waals surface area contributed by atoms with Gasteiger partial charge in [0, 0.05) is 22.3 Å². The first kappa shape index (κ1) is 19.4. The number of rotatable bonds is 4. The standard InChI is InChI=1S/C25H16N2O5/c26-21-19(11-10-18-20(21)23(29)17-9-5-4-8-16(17)22(18)28)25(30)32-13-15-12-31-24(27-15)14-6-2-1-3-7-14/h1-12H,13,26H2. The summed E-state index contributed by atoms with van der Waals surface area (Å²) >= 11 is 0. The number of anilines is 1. The fourth-order valence-electron chi connectivity index (χ4n) is 3.69.